The summed E-state index contributed by atoms with van der Waals surface area (Å²) in [6, 6.07) is 6.75. The Morgan fingerprint density at radius 3 is 2.70 bits per heavy atom. The van der Waals surface area contributed by atoms with Crippen molar-refractivity contribution in [3.05, 3.63) is 64.2 Å². The van der Waals surface area contributed by atoms with Crippen molar-refractivity contribution >= 4 is 22.6 Å². The number of fused-ring (bicyclic) bond motifs is 1. The van der Waals surface area contributed by atoms with Crippen molar-refractivity contribution in [2.24, 2.45) is 5.73 Å². The predicted octanol–water partition coefficient (Wildman–Crippen LogP) is 2.19. The number of urea groups is 1. The van der Waals surface area contributed by atoms with Gasteiger partial charge in [-0.2, -0.15) is 0 Å². The van der Waals surface area contributed by atoms with Crippen LogP contribution in [0, 0.1) is 11.6 Å². The summed E-state index contributed by atoms with van der Waals surface area (Å²) in [5.41, 5.74) is 5.38. The lowest BCUT2D eigenvalue weighted by molar-refractivity contribution is 0.249. The fourth-order valence-corrected chi connectivity index (χ4v) is 2.97. The molecule has 8 nitrogen and oxygen atoms in total. The van der Waals surface area contributed by atoms with Gasteiger partial charge in [0.25, 0.3) is 5.56 Å². The molecule has 158 valence electrons. The van der Waals surface area contributed by atoms with Crippen molar-refractivity contribution in [1.29, 1.82) is 0 Å². The fourth-order valence-electron chi connectivity index (χ4n) is 2.97. The van der Waals surface area contributed by atoms with E-state index in [0.717, 1.165) is 16.7 Å². The second-order valence-corrected chi connectivity index (χ2v) is 6.66. The highest BCUT2D eigenvalue weighted by Crippen LogP contribution is 2.22. The average Bonchev–Trinajstić information content (AvgIpc) is 2.70. The van der Waals surface area contributed by atoms with Crippen molar-refractivity contribution in [3.8, 4) is 5.69 Å². The smallest absolute Gasteiger partial charge is 0.319 e. The second-order valence-electron chi connectivity index (χ2n) is 6.66. The van der Waals surface area contributed by atoms with Gasteiger partial charge in [0.05, 0.1) is 11.7 Å². The molecule has 30 heavy (non-hydrogen) atoms. The first-order valence-electron chi connectivity index (χ1n) is 9.26. The number of amides is 2. The second kappa shape index (κ2) is 8.97. The van der Waals surface area contributed by atoms with E-state index < -0.39 is 34.7 Å². The highest BCUT2D eigenvalue weighted by Gasteiger charge is 2.20. The third-order valence-corrected chi connectivity index (χ3v) is 4.34. The van der Waals surface area contributed by atoms with Crippen LogP contribution in [0.15, 0.2) is 41.2 Å². The summed E-state index contributed by atoms with van der Waals surface area (Å²) in [7, 11) is 0. The number of nitrogens with one attached hydrogen (secondary N) is 2. The van der Waals surface area contributed by atoms with Gasteiger partial charge in [-0.05, 0) is 43.7 Å². The van der Waals surface area contributed by atoms with Crippen LogP contribution in [0.5, 0.6) is 0 Å². The lowest BCUT2D eigenvalue weighted by Crippen LogP contribution is -2.30. The summed E-state index contributed by atoms with van der Waals surface area (Å²) in [4.78, 5) is 29.1. The van der Waals surface area contributed by atoms with E-state index in [2.05, 4.69) is 15.6 Å². The van der Waals surface area contributed by atoms with Crippen LogP contribution in [-0.4, -0.2) is 33.8 Å². The maximum Gasteiger partial charge on any atom is 0.319 e. The molecule has 1 heterocycles. The Hall–Kier alpha value is -3.37. The highest BCUT2D eigenvalue weighted by molar-refractivity contribution is 5.89. The molecule has 0 fully saturated rings. The molecule has 0 radical (unpaired) electrons. The van der Waals surface area contributed by atoms with Crippen LogP contribution >= 0.6 is 0 Å². The molecule has 10 heteroatoms. The molecule has 0 bridgehead atoms. The Labute approximate surface area is 170 Å². The number of aromatic nitrogens is 2. The molecule has 2 aromatic carbocycles. The largest absolute Gasteiger partial charge is 0.396 e. The molecule has 0 aliphatic heterocycles. The Morgan fingerprint density at radius 1 is 1.27 bits per heavy atom. The Bertz CT molecular complexity index is 1150. The third kappa shape index (κ3) is 4.29. The van der Waals surface area contributed by atoms with E-state index in [1.54, 1.807) is 25.1 Å². The fraction of sp³-hybridized carbons (Fsp3) is 0.250. The van der Waals surface area contributed by atoms with E-state index in [9.17, 15) is 18.4 Å². The number of hydrogen-bond acceptors (Lipinski definition) is 5. The summed E-state index contributed by atoms with van der Waals surface area (Å²) in [6.07, 6.45) is 0.408. The van der Waals surface area contributed by atoms with Gasteiger partial charge in [0.1, 0.15) is 28.4 Å². The van der Waals surface area contributed by atoms with E-state index >= 15 is 0 Å². The van der Waals surface area contributed by atoms with Crippen LogP contribution in [0.1, 0.15) is 25.2 Å². The average molecular weight is 417 g/mol. The van der Waals surface area contributed by atoms with E-state index in [1.165, 1.54) is 6.07 Å². The molecule has 0 unspecified atom stereocenters. The standard InChI is InChI=1S/C20H21F2N5O3/c1-11(23)18-26-17-15(22)7-6-14(21)16(17)19(29)27(18)13-5-2-4-12(10-13)25-20(30)24-8-3-9-28/h2,4-7,10-11,28H,3,8-9,23H2,1H3,(H2,24,25,30)/t11-/m0/s1. The van der Waals surface area contributed by atoms with Gasteiger partial charge in [-0.25, -0.2) is 18.6 Å². The minimum atomic E-state index is -0.897. The Kier molecular flexibility index (Phi) is 6.38. The number of anilines is 1. The number of hydrogen-bond donors (Lipinski definition) is 4. The molecular weight excluding hydrogens is 396 g/mol. The maximum absolute atomic E-state index is 14.3. The minimum absolute atomic E-state index is 0.0431. The summed E-state index contributed by atoms with van der Waals surface area (Å²) < 4.78 is 29.6. The number of benzene rings is 2. The van der Waals surface area contributed by atoms with E-state index in [4.69, 9.17) is 10.8 Å². The summed E-state index contributed by atoms with van der Waals surface area (Å²) in [6.45, 7) is 1.80. The van der Waals surface area contributed by atoms with Crippen LogP contribution in [0.25, 0.3) is 16.6 Å². The molecule has 0 spiro atoms. The molecule has 0 aliphatic rings. The lowest BCUT2D eigenvalue weighted by Gasteiger charge is -2.17. The van der Waals surface area contributed by atoms with Gasteiger partial charge in [0.15, 0.2) is 0 Å². The Morgan fingerprint density at radius 2 is 2.00 bits per heavy atom. The first-order valence-corrected chi connectivity index (χ1v) is 9.26. The van der Waals surface area contributed by atoms with Gasteiger partial charge in [-0.15, -0.1) is 0 Å². The maximum atomic E-state index is 14.3. The molecular formula is C20H21F2N5O3. The molecule has 0 aliphatic carbocycles. The lowest BCUT2D eigenvalue weighted by atomic mass is 10.2. The number of carbonyl (C=O) groups excluding carboxylic acids is 1. The normalized spacial score (nSPS) is 12.0. The summed E-state index contributed by atoms with van der Waals surface area (Å²) in [5, 5.41) is 13.5. The zero-order valence-electron chi connectivity index (χ0n) is 16.2. The predicted molar refractivity (Wildman–Crippen MR) is 109 cm³/mol. The number of halogens is 2. The summed E-state index contributed by atoms with van der Waals surface area (Å²) >= 11 is 0. The zero-order valence-corrected chi connectivity index (χ0v) is 16.2. The third-order valence-electron chi connectivity index (χ3n) is 4.34. The first kappa shape index (κ1) is 21.3. The summed E-state index contributed by atoms with van der Waals surface area (Å²) in [5.74, 6) is -1.68. The molecule has 0 saturated heterocycles. The first-order chi connectivity index (χ1) is 14.3. The quantitative estimate of drug-likeness (QED) is 0.458. The molecule has 3 rings (SSSR count). The minimum Gasteiger partial charge on any atom is -0.396 e. The monoisotopic (exact) mass is 417 g/mol. The number of aliphatic hydroxyl groups is 1. The molecule has 1 aromatic heterocycles. The van der Waals surface area contributed by atoms with Gasteiger partial charge in [0, 0.05) is 18.8 Å². The van der Waals surface area contributed by atoms with E-state index in [-0.39, 0.29) is 30.2 Å². The molecule has 2 amide bonds. The molecule has 5 N–H and O–H groups in total. The zero-order chi connectivity index (χ0) is 21.8. The number of nitrogens with zero attached hydrogens (tertiary/aromatic N) is 2. The topological polar surface area (TPSA) is 122 Å². The number of nitrogens with two attached hydrogens (primary N) is 1. The van der Waals surface area contributed by atoms with Crippen molar-refractivity contribution in [2.45, 2.75) is 19.4 Å². The van der Waals surface area contributed by atoms with Gasteiger partial charge in [-0.1, -0.05) is 6.07 Å². The van der Waals surface area contributed by atoms with Crippen LogP contribution < -0.4 is 21.9 Å². The number of carbonyl (C=O) groups is 1. The van der Waals surface area contributed by atoms with Crippen LogP contribution in [0.4, 0.5) is 19.3 Å². The van der Waals surface area contributed by atoms with Crippen LogP contribution in [0.2, 0.25) is 0 Å². The van der Waals surface area contributed by atoms with Gasteiger partial charge in [-0.3, -0.25) is 9.36 Å². The number of rotatable bonds is 6. The van der Waals surface area contributed by atoms with Gasteiger partial charge >= 0.3 is 6.03 Å². The molecule has 0 saturated carbocycles. The van der Waals surface area contributed by atoms with E-state index in [1.807, 2.05) is 0 Å². The van der Waals surface area contributed by atoms with Crippen LogP contribution in [-0.2, 0) is 0 Å². The number of aliphatic hydroxyl groups excluding tert-OH is 1. The van der Waals surface area contributed by atoms with Crippen molar-refractivity contribution in [3.63, 3.8) is 0 Å². The van der Waals surface area contributed by atoms with Gasteiger partial charge < -0.3 is 21.5 Å². The van der Waals surface area contributed by atoms with E-state index in [0.29, 0.717) is 12.1 Å². The highest BCUT2D eigenvalue weighted by atomic mass is 19.1. The van der Waals surface area contributed by atoms with Gasteiger partial charge in [0.2, 0.25) is 0 Å². The Balaban J connectivity index is 2.09. The van der Waals surface area contributed by atoms with Crippen LogP contribution in [0.3, 0.4) is 0 Å². The molecule has 3 aromatic rings. The van der Waals surface area contributed by atoms with Crippen molar-refractivity contribution < 1.29 is 18.7 Å². The van der Waals surface area contributed by atoms with Crippen molar-refractivity contribution in [1.82, 2.24) is 14.9 Å². The van der Waals surface area contributed by atoms with Crippen molar-refractivity contribution in [2.75, 3.05) is 18.5 Å². The SMILES string of the molecule is C[C@H](N)c1nc2c(F)ccc(F)c2c(=O)n1-c1cccc(NC(=O)NCCCO)c1. The molecule has 1 atom stereocenters.